The Morgan fingerprint density at radius 1 is 1.19 bits per heavy atom. The molecule has 3 rings (SSSR count). The molecule has 1 N–H and O–H groups in total. The summed E-state index contributed by atoms with van der Waals surface area (Å²) in [5.41, 5.74) is 0.972. The number of halogens is 2. The van der Waals surface area contributed by atoms with E-state index in [1.165, 1.54) is 16.3 Å². The number of aromatic nitrogens is 2. The summed E-state index contributed by atoms with van der Waals surface area (Å²) in [5.74, 6) is -0.240. The number of nitrogens with zero attached hydrogens (tertiary/aromatic N) is 2. The molecule has 0 fully saturated rings. The smallest absolute Gasteiger partial charge is 0.261 e. The molecule has 0 saturated carbocycles. The number of para-hydroxylation sites is 1. The Hall–Kier alpha value is -2.02. The highest BCUT2D eigenvalue weighted by Gasteiger charge is 2.18. The zero-order valence-electron chi connectivity index (χ0n) is 14.0. The van der Waals surface area contributed by atoms with Crippen molar-refractivity contribution in [3.05, 3.63) is 62.9 Å². The maximum absolute atomic E-state index is 12.5. The molecule has 0 aliphatic carbocycles. The molecule has 3 aromatic rings. The molecular formula is C18H15Cl2N3O2S. The van der Waals surface area contributed by atoms with Gasteiger partial charge in [-0.1, -0.05) is 47.1 Å². The third kappa shape index (κ3) is 4.03. The summed E-state index contributed by atoms with van der Waals surface area (Å²) in [5, 5.41) is 4.18. The molecule has 0 radical (unpaired) electrons. The van der Waals surface area contributed by atoms with Crippen LogP contribution in [0.5, 0.6) is 0 Å². The number of fused-ring (bicyclic) bond motifs is 1. The van der Waals surface area contributed by atoms with Gasteiger partial charge in [-0.05, 0) is 37.3 Å². The van der Waals surface area contributed by atoms with Crippen molar-refractivity contribution in [2.24, 2.45) is 7.05 Å². The minimum Gasteiger partial charge on any atom is -0.325 e. The van der Waals surface area contributed by atoms with Gasteiger partial charge in [0.1, 0.15) is 0 Å². The number of carbonyl (C=O) groups excluding carboxylic acids is 1. The highest BCUT2D eigenvalue weighted by Crippen LogP contribution is 2.25. The molecule has 1 atom stereocenters. The molecule has 0 aliphatic heterocycles. The van der Waals surface area contributed by atoms with Crippen LogP contribution in [0.4, 0.5) is 5.69 Å². The van der Waals surface area contributed by atoms with Crippen molar-refractivity contribution in [1.29, 1.82) is 0 Å². The van der Waals surface area contributed by atoms with E-state index in [0.29, 0.717) is 31.8 Å². The van der Waals surface area contributed by atoms with Crippen LogP contribution < -0.4 is 10.9 Å². The summed E-state index contributed by atoms with van der Waals surface area (Å²) < 4.78 is 1.45. The number of carbonyl (C=O) groups is 1. The lowest BCUT2D eigenvalue weighted by Crippen LogP contribution is -2.25. The van der Waals surface area contributed by atoms with Crippen LogP contribution >= 0.6 is 35.0 Å². The van der Waals surface area contributed by atoms with Gasteiger partial charge in [-0.15, -0.1) is 0 Å². The Balaban J connectivity index is 1.82. The number of hydrogen-bond donors (Lipinski definition) is 1. The molecule has 1 aromatic heterocycles. The zero-order chi connectivity index (χ0) is 18.8. The molecule has 8 heteroatoms. The highest BCUT2D eigenvalue weighted by molar-refractivity contribution is 8.00. The van der Waals surface area contributed by atoms with Gasteiger partial charge in [0, 0.05) is 22.8 Å². The third-order valence-corrected chi connectivity index (χ3v) is 5.30. The molecule has 1 unspecified atom stereocenters. The van der Waals surface area contributed by atoms with E-state index in [-0.39, 0.29) is 11.5 Å². The lowest BCUT2D eigenvalue weighted by atomic mass is 10.2. The summed E-state index contributed by atoms with van der Waals surface area (Å²) in [6.45, 7) is 1.74. The van der Waals surface area contributed by atoms with Gasteiger partial charge in [0.25, 0.3) is 5.56 Å². The normalized spacial score (nSPS) is 12.2. The fraction of sp³-hybridized carbons (Fsp3) is 0.167. The predicted molar refractivity (Wildman–Crippen MR) is 107 cm³/mol. The lowest BCUT2D eigenvalue weighted by Gasteiger charge is -2.14. The van der Waals surface area contributed by atoms with E-state index in [0.717, 1.165) is 0 Å². The second kappa shape index (κ2) is 7.70. The highest BCUT2D eigenvalue weighted by atomic mass is 35.5. The minimum absolute atomic E-state index is 0.146. The Bertz CT molecular complexity index is 1030. The molecule has 1 heterocycles. The van der Waals surface area contributed by atoms with Crippen molar-refractivity contribution in [3.63, 3.8) is 0 Å². The molecule has 5 nitrogen and oxygen atoms in total. The second-order valence-corrected chi connectivity index (χ2v) is 7.86. The van der Waals surface area contributed by atoms with E-state index in [4.69, 9.17) is 23.2 Å². The number of benzene rings is 2. The summed E-state index contributed by atoms with van der Waals surface area (Å²) in [6, 6.07) is 12.0. The van der Waals surface area contributed by atoms with E-state index in [1.807, 2.05) is 6.07 Å². The SMILES string of the molecule is CC(Sc1nc2ccccc2c(=O)n1C)C(=O)Nc1cc(Cl)cc(Cl)c1. The average Bonchev–Trinajstić information content (AvgIpc) is 2.58. The van der Waals surface area contributed by atoms with E-state index < -0.39 is 5.25 Å². The van der Waals surface area contributed by atoms with Crippen LogP contribution in [0.25, 0.3) is 10.9 Å². The first kappa shape index (κ1) is 18.8. The van der Waals surface area contributed by atoms with Gasteiger partial charge in [0.15, 0.2) is 5.16 Å². The first-order chi connectivity index (χ1) is 12.3. The van der Waals surface area contributed by atoms with Crippen LogP contribution in [0.2, 0.25) is 10.0 Å². The van der Waals surface area contributed by atoms with Crippen molar-refractivity contribution in [2.75, 3.05) is 5.32 Å². The Morgan fingerprint density at radius 3 is 2.54 bits per heavy atom. The number of anilines is 1. The molecule has 0 aliphatic rings. The molecular weight excluding hydrogens is 393 g/mol. The largest absolute Gasteiger partial charge is 0.325 e. The maximum atomic E-state index is 12.5. The minimum atomic E-state index is -0.480. The van der Waals surface area contributed by atoms with Gasteiger partial charge >= 0.3 is 0 Å². The molecule has 1 amide bonds. The van der Waals surface area contributed by atoms with E-state index in [1.54, 1.807) is 50.4 Å². The molecule has 2 aromatic carbocycles. The maximum Gasteiger partial charge on any atom is 0.261 e. The quantitative estimate of drug-likeness (QED) is 0.515. The summed E-state index contributed by atoms with van der Waals surface area (Å²) in [6.07, 6.45) is 0. The first-order valence-corrected chi connectivity index (χ1v) is 9.38. The predicted octanol–water partition coefficient (Wildman–Crippen LogP) is 4.36. The number of thioether (sulfide) groups is 1. The van der Waals surface area contributed by atoms with E-state index >= 15 is 0 Å². The first-order valence-electron chi connectivity index (χ1n) is 7.74. The van der Waals surface area contributed by atoms with Gasteiger partial charge < -0.3 is 5.32 Å². The van der Waals surface area contributed by atoms with Crippen LogP contribution in [0.15, 0.2) is 52.4 Å². The van der Waals surface area contributed by atoms with Crippen LogP contribution in [0.1, 0.15) is 6.92 Å². The summed E-state index contributed by atoms with van der Waals surface area (Å²) >= 11 is 13.1. The van der Waals surface area contributed by atoms with E-state index in [9.17, 15) is 9.59 Å². The second-order valence-electron chi connectivity index (χ2n) is 5.68. The van der Waals surface area contributed by atoms with Gasteiger partial charge in [0.05, 0.1) is 16.2 Å². The van der Waals surface area contributed by atoms with Crippen molar-refractivity contribution in [1.82, 2.24) is 9.55 Å². The summed E-state index contributed by atoms with van der Waals surface area (Å²) in [7, 11) is 1.64. The number of hydrogen-bond acceptors (Lipinski definition) is 4. The van der Waals surface area contributed by atoms with Gasteiger partial charge in [-0.25, -0.2) is 4.98 Å². The molecule has 134 valence electrons. The molecule has 0 bridgehead atoms. The molecule has 0 spiro atoms. The van der Waals surface area contributed by atoms with Crippen LogP contribution in [-0.4, -0.2) is 20.7 Å². The molecule has 0 saturated heterocycles. The standard InChI is InChI=1S/C18H15Cl2N3O2S/c1-10(16(24)21-13-8-11(19)7-12(20)9-13)26-18-22-15-6-4-3-5-14(15)17(25)23(18)2/h3-10H,1-2H3,(H,21,24). The number of nitrogens with one attached hydrogen (secondary N) is 1. The molecule has 26 heavy (non-hydrogen) atoms. The van der Waals surface area contributed by atoms with Crippen molar-refractivity contribution < 1.29 is 4.79 Å². The van der Waals surface area contributed by atoms with E-state index in [2.05, 4.69) is 10.3 Å². The van der Waals surface area contributed by atoms with Crippen molar-refractivity contribution >= 4 is 57.5 Å². The monoisotopic (exact) mass is 407 g/mol. The van der Waals surface area contributed by atoms with Crippen molar-refractivity contribution in [3.8, 4) is 0 Å². The van der Waals surface area contributed by atoms with Crippen LogP contribution in [0.3, 0.4) is 0 Å². The van der Waals surface area contributed by atoms with Crippen LogP contribution in [0, 0.1) is 0 Å². The zero-order valence-corrected chi connectivity index (χ0v) is 16.3. The number of amides is 1. The Kier molecular flexibility index (Phi) is 5.55. The third-order valence-electron chi connectivity index (χ3n) is 3.72. The average molecular weight is 408 g/mol. The van der Waals surface area contributed by atoms with Gasteiger partial charge in [0.2, 0.25) is 5.91 Å². The number of rotatable bonds is 4. The van der Waals surface area contributed by atoms with Crippen LogP contribution in [-0.2, 0) is 11.8 Å². The topological polar surface area (TPSA) is 64.0 Å². The lowest BCUT2D eigenvalue weighted by molar-refractivity contribution is -0.115. The van der Waals surface area contributed by atoms with Gasteiger partial charge in [-0.3, -0.25) is 14.2 Å². The fourth-order valence-electron chi connectivity index (χ4n) is 2.38. The Morgan fingerprint density at radius 2 is 1.85 bits per heavy atom. The van der Waals surface area contributed by atoms with Crippen molar-refractivity contribution in [2.45, 2.75) is 17.3 Å². The fourth-order valence-corrected chi connectivity index (χ4v) is 3.78. The van der Waals surface area contributed by atoms with Gasteiger partial charge in [-0.2, -0.15) is 0 Å². The Labute approximate surface area is 164 Å². The summed E-state index contributed by atoms with van der Waals surface area (Å²) in [4.78, 5) is 29.4.